The molecule has 1 aliphatic carbocycles. The van der Waals surface area contributed by atoms with E-state index in [1.807, 2.05) is 0 Å². The van der Waals surface area contributed by atoms with Gasteiger partial charge in [-0.25, -0.2) is 8.42 Å². The zero-order valence-electron chi connectivity index (χ0n) is 13.2. The van der Waals surface area contributed by atoms with Crippen molar-refractivity contribution >= 4 is 44.8 Å². The Labute approximate surface area is 152 Å². The number of carbonyl (C=O) groups is 1. The molecule has 1 aromatic carbocycles. The molecule has 0 bridgehead atoms. The summed E-state index contributed by atoms with van der Waals surface area (Å²) >= 11 is 11.7. The van der Waals surface area contributed by atoms with Crippen molar-refractivity contribution in [2.24, 2.45) is 5.92 Å². The van der Waals surface area contributed by atoms with Gasteiger partial charge < -0.3 is 5.32 Å². The summed E-state index contributed by atoms with van der Waals surface area (Å²) in [6.45, 7) is 1.13. The standard InChI is InChI=1S/C16H20Cl2N2O3S/c17-16(18)11-14(16)15(21)19-12-5-7-13(8-6-12)24(22,23)20-9-3-1-2-4-10-20/h5-8,14H,1-4,9-11H2,(H,19,21). The van der Waals surface area contributed by atoms with Crippen molar-refractivity contribution < 1.29 is 13.2 Å². The summed E-state index contributed by atoms with van der Waals surface area (Å²) in [5, 5.41) is 2.71. The highest BCUT2D eigenvalue weighted by Gasteiger charge is 2.56. The highest BCUT2D eigenvalue weighted by molar-refractivity contribution is 7.89. The molecule has 1 aliphatic heterocycles. The third-order valence-electron chi connectivity index (χ3n) is 4.47. The fraction of sp³-hybridized carbons (Fsp3) is 0.562. The second-order valence-electron chi connectivity index (χ2n) is 6.35. The van der Waals surface area contributed by atoms with E-state index in [9.17, 15) is 13.2 Å². The van der Waals surface area contributed by atoms with Crippen LogP contribution in [0.4, 0.5) is 5.69 Å². The molecule has 5 nitrogen and oxygen atoms in total. The minimum atomic E-state index is -3.47. The van der Waals surface area contributed by atoms with Gasteiger partial charge in [0.25, 0.3) is 0 Å². The van der Waals surface area contributed by atoms with Crippen molar-refractivity contribution in [1.82, 2.24) is 4.31 Å². The minimum Gasteiger partial charge on any atom is -0.326 e. The summed E-state index contributed by atoms with van der Waals surface area (Å²) in [7, 11) is -3.47. The molecule has 1 N–H and O–H groups in total. The molecular formula is C16H20Cl2N2O3S. The minimum absolute atomic E-state index is 0.247. The van der Waals surface area contributed by atoms with Crippen molar-refractivity contribution in [3.63, 3.8) is 0 Å². The first-order valence-corrected chi connectivity index (χ1v) is 10.3. The van der Waals surface area contributed by atoms with E-state index in [1.54, 1.807) is 16.4 Å². The smallest absolute Gasteiger partial charge is 0.243 e. The zero-order valence-corrected chi connectivity index (χ0v) is 15.5. The van der Waals surface area contributed by atoms with Crippen LogP contribution in [-0.2, 0) is 14.8 Å². The van der Waals surface area contributed by atoms with Crippen LogP contribution < -0.4 is 5.32 Å². The van der Waals surface area contributed by atoms with Crippen LogP contribution in [0.5, 0.6) is 0 Å². The lowest BCUT2D eigenvalue weighted by atomic mass is 10.2. The number of halogens is 2. The quantitative estimate of drug-likeness (QED) is 0.801. The summed E-state index contributed by atoms with van der Waals surface area (Å²) in [6, 6.07) is 6.24. The Kier molecular flexibility index (Phi) is 5.12. The Bertz CT molecular complexity index is 711. The summed E-state index contributed by atoms with van der Waals surface area (Å²) in [4.78, 5) is 12.2. The Morgan fingerprint density at radius 1 is 1.08 bits per heavy atom. The average Bonchev–Trinajstić information content (AvgIpc) is 3.25. The number of anilines is 1. The first kappa shape index (κ1) is 18.0. The third kappa shape index (κ3) is 3.87. The van der Waals surface area contributed by atoms with Gasteiger partial charge in [-0.3, -0.25) is 4.79 Å². The van der Waals surface area contributed by atoms with Gasteiger partial charge in [-0.1, -0.05) is 12.8 Å². The number of hydrogen-bond acceptors (Lipinski definition) is 3. The molecule has 3 rings (SSSR count). The molecule has 1 heterocycles. The van der Waals surface area contributed by atoms with Gasteiger partial charge in [0.05, 0.1) is 10.8 Å². The molecule has 1 saturated carbocycles. The number of carbonyl (C=O) groups excluding carboxylic acids is 1. The molecule has 1 unspecified atom stereocenters. The van der Waals surface area contributed by atoms with E-state index in [-0.39, 0.29) is 10.8 Å². The monoisotopic (exact) mass is 390 g/mol. The summed E-state index contributed by atoms with van der Waals surface area (Å²) < 4.78 is 25.9. The van der Waals surface area contributed by atoms with Gasteiger partial charge in [-0.05, 0) is 43.5 Å². The van der Waals surface area contributed by atoms with E-state index in [0.29, 0.717) is 25.2 Å². The highest BCUT2D eigenvalue weighted by atomic mass is 35.5. The lowest BCUT2D eigenvalue weighted by Gasteiger charge is -2.20. The molecule has 0 spiro atoms. The predicted molar refractivity (Wildman–Crippen MR) is 94.8 cm³/mol. The largest absolute Gasteiger partial charge is 0.326 e. The van der Waals surface area contributed by atoms with Crippen LogP contribution in [0.2, 0.25) is 0 Å². The van der Waals surface area contributed by atoms with E-state index in [4.69, 9.17) is 23.2 Å². The molecule has 24 heavy (non-hydrogen) atoms. The van der Waals surface area contributed by atoms with E-state index in [2.05, 4.69) is 5.32 Å². The van der Waals surface area contributed by atoms with Gasteiger partial charge in [-0.2, -0.15) is 4.31 Å². The highest BCUT2D eigenvalue weighted by Crippen LogP contribution is 2.53. The maximum atomic E-state index is 12.7. The van der Waals surface area contributed by atoms with Gasteiger partial charge in [0.1, 0.15) is 4.33 Å². The van der Waals surface area contributed by atoms with Crippen LogP contribution in [-0.4, -0.2) is 36.1 Å². The molecule has 2 aliphatic rings. The van der Waals surface area contributed by atoms with Crippen LogP contribution in [0.1, 0.15) is 32.1 Å². The predicted octanol–water partition coefficient (Wildman–Crippen LogP) is 3.38. The summed E-state index contributed by atoms with van der Waals surface area (Å²) in [5.41, 5.74) is 0.533. The second kappa shape index (κ2) is 6.83. The Morgan fingerprint density at radius 3 is 2.12 bits per heavy atom. The fourth-order valence-electron chi connectivity index (χ4n) is 2.87. The van der Waals surface area contributed by atoms with Crippen LogP contribution >= 0.6 is 23.2 Å². The second-order valence-corrected chi connectivity index (χ2v) is 9.83. The fourth-order valence-corrected chi connectivity index (χ4v) is 4.89. The molecule has 2 fully saturated rings. The summed E-state index contributed by atoms with van der Waals surface area (Å²) in [5.74, 6) is -0.663. The molecule has 0 radical (unpaired) electrons. The van der Waals surface area contributed by atoms with Gasteiger partial charge in [0, 0.05) is 18.8 Å². The van der Waals surface area contributed by atoms with Gasteiger partial charge in [-0.15, -0.1) is 23.2 Å². The van der Waals surface area contributed by atoms with E-state index < -0.39 is 20.3 Å². The van der Waals surface area contributed by atoms with Crippen molar-refractivity contribution in [3.05, 3.63) is 24.3 Å². The topological polar surface area (TPSA) is 66.5 Å². The van der Waals surface area contributed by atoms with Crippen molar-refractivity contribution in [1.29, 1.82) is 0 Å². The van der Waals surface area contributed by atoms with Crippen LogP contribution in [0.25, 0.3) is 0 Å². The SMILES string of the molecule is O=C(Nc1ccc(S(=O)(=O)N2CCCCCC2)cc1)C1CC1(Cl)Cl. The Morgan fingerprint density at radius 2 is 1.62 bits per heavy atom. The van der Waals surface area contributed by atoms with Gasteiger partial charge in [0.15, 0.2) is 0 Å². The Balaban J connectivity index is 1.68. The first-order valence-electron chi connectivity index (χ1n) is 8.10. The molecule has 8 heteroatoms. The van der Waals surface area contributed by atoms with Crippen LogP contribution in [0, 0.1) is 5.92 Å². The molecule has 132 valence electrons. The van der Waals surface area contributed by atoms with E-state index >= 15 is 0 Å². The van der Waals surface area contributed by atoms with Gasteiger partial charge in [0.2, 0.25) is 15.9 Å². The maximum absolute atomic E-state index is 12.7. The average molecular weight is 391 g/mol. The molecular weight excluding hydrogens is 371 g/mol. The van der Waals surface area contributed by atoms with Crippen LogP contribution in [0.3, 0.4) is 0 Å². The number of nitrogens with one attached hydrogen (secondary N) is 1. The van der Waals surface area contributed by atoms with E-state index in [1.165, 1.54) is 12.1 Å². The van der Waals surface area contributed by atoms with Crippen LogP contribution in [0.15, 0.2) is 29.2 Å². The molecule has 1 aromatic rings. The zero-order chi connectivity index (χ0) is 17.4. The number of nitrogens with zero attached hydrogens (tertiary/aromatic N) is 1. The molecule has 1 saturated heterocycles. The third-order valence-corrected chi connectivity index (χ3v) is 7.22. The molecule has 0 aromatic heterocycles. The lowest BCUT2D eigenvalue weighted by molar-refractivity contribution is -0.117. The first-order chi connectivity index (χ1) is 11.3. The van der Waals surface area contributed by atoms with Crippen molar-refractivity contribution in [2.75, 3.05) is 18.4 Å². The number of alkyl halides is 2. The number of benzene rings is 1. The maximum Gasteiger partial charge on any atom is 0.243 e. The normalized spacial score (nSPS) is 24.2. The van der Waals surface area contributed by atoms with Crippen molar-refractivity contribution in [2.45, 2.75) is 41.3 Å². The Hall–Kier alpha value is -0.820. The van der Waals surface area contributed by atoms with Crippen molar-refractivity contribution in [3.8, 4) is 0 Å². The number of hydrogen-bond donors (Lipinski definition) is 1. The van der Waals surface area contributed by atoms with Gasteiger partial charge >= 0.3 is 0 Å². The van der Waals surface area contributed by atoms with E-state index in [0.717, 1.165) is 25.7 Å². The number of sulfonamides is 1. The number of amides is 1. The lowest BCUT2D eigenvalue weighted by Crippen LogP contribution is -2.31. The summed E-state index contributed by atoms with van der Waals surface area (Å²) in [6.07, 6.45) is 4.37. The molecule has 1 atom stereocenters. The number of rotatable bonds is 4. The molecule has 1 amide bonds.